The van der Waals surface area contributed by atoms with E-state index in [-0.39, 0.29) is 0 Å². The summed E-state index contributed by atoms with van der Waals surface area (Å²) in [6, 6.07) is 8.20. The van der Waals surface area contributed by atoms with Crippen LogP contribution in [-0.4, -0.2) is 29.5 Å². The summed E-state index contributed by atoms with van der Waals surface area (Å²) >= 11 is 1.62. The lowest BCUT2D eigenvalue weighted by molar-refractivity contribution is 0.265. The highest BCUT2D eigenvalue weighted by Crippen LogP contribution is 2.32. The van der Waals surface area contributed by atoms with Gasteiger partial charge in [-0.3, -0.25) is 0 Å². The van der Waals surface area contributed by atoms with Crippen molar-refractivity contribution in [1.82, 2.24) is 9.88 Å². The van der Waals surface area contributed by atoms with E-state index in [1.54, 1.807) is 16.9 Å². The lowest BCUT2D eigenvalue weighted by Gasteiger charge is -2.23. The van der Waals surface area contributed by atoms with Crippen LogP contribution in [0.3, 0.4) is 0 Å². The summed E-state index contributed by atoms with van der Waals surface area (Å²) in [6.07, 6.45) is 11.8. The zero-order chi connectivity index (χ0) is 17.8. The number of aromatic nitrogens is 1. The molecule has 2 aliphatic rings. The SMILES string of the molecule is CCCN(CCC1=CC=C(Oc2nc3ccccc3s2)CC1)CC1CC1. The molecular formula is C22H28N2OS. The number of allylic oxidation sites excluding steroid dienone is 3. The third-order valence-corrected chi connectivity index (χ3v) is 6.11. The Morgan fingerprint density at radius 3 is 2.77 bits per heavy atom. The number of nitrogens with zero attached hydrogens (tertiary/aromatic N) is 2. The smallest absolute Gasteiger partial charge is 0.279 e. The van der Waals surface area contributed by atoms with Gasteiger partial charge in [0.05, 0.1) is 10.2 Å². The molecule has 138 valence electrons. The number of thiazole rings is 1. The topological polar surface area (TPSA) is 25.4 Å². The molecule has 0 unspecified atom stereocenters. The first-order valence-corrected chi connectivity index (χ1v) is 10.8. The molecule has 1 saturated carbocycles. The number of hydrogen-bond acceptors (Lipinski definition) is 4. The molecule has 0 N–H and O–H groups in total. The number of ether oxygens (including phenoxy) is 1. The van der Waals surface area contributed by atoms with Gasteiger partial charge >= 0.3 is 0 Å². The zero-order valence-electron chi connectivity index (χ0n) is 15.6. The van der Waals surface area contributed by atoms with Crippen LogP contribution in [0.25, 0.3) is 10.2 Å². The van der Waals surface area contributed by atoms with Gasteiger partial charge in [-0.15, -0.1) is 0 Å². The Kier molecular flexibility index (Phi) is 5.71. The number of benzene rings is 1. The normalized spacial score (nSPS) is 17.5. The van der Waals surface area contributed by atoms with Gasteiger partial charge in [0.1, 0.15) is 5.76 Å². The molecule has 3 nitrogen and oxygen atoms in total. The molecule has 1 aromatic carbocycles. The molecule has 26 heavy (non-hydrogen) atoms. The highest BCUT2D eigenvalue weighted by Gasteiger charge is 2.24. The summed E-state index contributed by atoms with van der Waals surface area (Å²) in [7, 11) is 0. The maximum absolute atomic E-state index is 6.03. The fourth-order valence-electron chi connectivity index (χ4n) is 3.54. The zero-order valence-corrected chi connectivity index (χ0v) is 16.4. The van der Waals surface area contributed by atoms with Crippen molar-refractivity contribution in [2.45, 2.75) is 45.4 Å². The maximum atomic E-state index is 6.03. The van der Waals surface area contributed by atoms with Crippen LogP contribution in [0.15, 0.2) is 47.7 Å². The van der Waals surface area contributed by atoms with Crippen molar-refractivity contribution in [1.29, 1.82) is 0 Å². The first kappa shape index (κ1) is 17.7. The molecule has 4 rings (SSSR count). The molecule has 0 aliphatic heterocycles. The molecule has 1 heterocycles. The number of rotatable bonds is 9. The van der Waals surface area contributed by atoms with Crippen molar-refractivity contribution in [3.05, 3.63) is 47.7 Å². The van der Waals surface area contributed by atoms with E-state index >= 15 is 0 Å². The van der Waals surface area contributed by atoms with Gasteiger partial charge in [0.15, 0.2) is 0 Å². The monoisotopic (exact) mass is 368 g/mol. The van der Waals surface area contributed by atoms with Crippen molar-refractivity contribution < 1.29 is 4.74 Å². The molecule has 0 atom stereocenters. The Labute approximate surface area is 160 Å². The number of hydrogen-bond donors (Lipinski definition) is 0. The molecule has 1 aromatic heterocycles. The van der Waals surface area contributed by atoms with E-state index in [0.29, 0.717) is 0 Å². The molecule has 0 radical (unpaired) electrons. The molecule has 0 spiro atoms. The minimum Gasteiger partial charge on any atom is -0.435 e. The first-order valence-electron chi connectivity index (χ1n) is 9.94. The predicted octanol–water partition coefficient (Wildman–Crippen LogP) is 5.79. The highest BCUT2D eigenvalue weighted by molar-refractivity contribution is 7.20. The first-order chi connectivity index (χ1) is 12.8. The van der Waals surface area contributed by atoms with Gasteiger partial charge in [-0.2, -0.15) is 0 Å². The predicted molar refractivity (Wildman–Crippen MR) is 110 cm³/mol. The highest BCUT2D eigenvalue weighted by atomic mass is 32.1. The molecule has 0 bridgehead atoms. The second-order valence-electron chi connectivity index (χ2n) is 7.50. The average Bonchev–Trinajstić information content (AvgIpc) is 3.38. The summed E-state index contributed by atoms with van der Waals surface area (Å²) in [6.45, 7) is 6.04. The third kappa shape index (κ3) is 4.74. The van der Waals surface area contributed by atoms with Crippen LogP contribution in [0, 0.1) is 5.92 Å². The molecule has 2 aliphatic carbocycles. The maximum Gasteiger partial charge on any atom is 0.279 e. The van der Waals surface area contributed by atoms with E-state index < -0.39 is 0 Å². The van der Waals surface area contributed by atoms with Gasteiger partial charge in [-0.25, -0.2) is 4.98 Å². The Morgan fingerprint density at radius 2 is 2.04 bits per heavy atom. The van der Waals surface area contributed by atoms with Crippen molar-refractivity contribution in [2.75, 3.05) is 19.6 Å². The van der Waals surface area contributed by atoms with Crippen LogP contribution in [0.1, 0.15) is 45.4 Å². The standard InChI is InChI=1S/C22H28N2OS/c1-2-14-24(16-18-7-8-18)15-13-17-9-11-19(12-10-17)25-22-23-20-5-3-4-6-21(20)26-22/h3-6,9,11,18H,2,7-8,10,12-16H2,1H3. The second-order valence-corrected chi connectivity index (χ2v) is 8.49. The minimum absolute atomic E-state index is 0.757. The fraction of sp³-hybridized carbons (Fsp3) is 0.500. The van der Waals surface area contributed by atoms with Gasteiger partial charge in [0, 0.05) is 19.5 Å². The van der Waals surface area contributed by atoms with E-state index in [1.807, 2.05) is 18.2 Å². The molecule has 1 fully saturated rings. The van der Waals surface area contributed by atoms with Gasteiger partial charge < -0.3 is 9.64 Å². The number of fused-ring (bicyclic) bond motifs is 1. The minimum atomic E-state index is 0.757. The molecule has 0 saturated heterocycles. The Hall–Kier alpha value is -1.65. The lowest BCUT2D eigenvalue weighted by atomic mass is 10.0. The second kappa shape index (κ2) is 8.36. The Balaban J connectivity index is 1.31. The van der Waals surface area contributed by atoms with Crippen LogP contribution >= 0.6 is 11.3 Å². The average molecular weight is 369 g/mol. The van der Waals surface area contributed by atoms with Crippen LogP contribution in [-0.2, 0) is 0 Å². The summed E-state index contributed by atoms with van der Waals surface area (Å²) in [5, 5.41) is 0.757. The van der Waals surface area contributed by atoms with E-state index in [2.05, 4.69) is 35.0 Å². The van der Waals surface area contributed by atoms with Gasteiger partial charge in [0.25, 0.3) is 5.19 Å². The van der Waals surface area contributed by atoms with Crippen LogP contribution in [0.5, 0.6) is 5.19 Å². The van der Waals surface area contributed by atoms with Crippen LogP contribution in [0.2, 0.25) is 0 Å². The Morgan fingerprint density at radius 1 is 1.15 bits per heavy atom. The largest absolute Gasteiger partial charge is 0.435 e. The molecular weight excluding hydrogens is 340 g/mol. The summed E-state index contributed by atoms with van der Waals surface area (Å²) in [4.78, 5) is 7.23. The van der Waals surface area contributed by atoms with E-state index in [0.717, 1.165) is 35.2 Å². The van der Waals surface area contributed by atoms with Gasteiger partial charge in [0.2, 0.25) is 0 Å². The van der Waals surface area contributed by atoms with Crippen molar-refractivity contribution in [3.8, 4) is 5.19 Å². The molecule has 0 amide bonds. The van der Waals surface area contributed by atoms with Gasteiger partial charge in [-0.1, -0.05) is 42.0 Å². The summed E-state index contributed by atoms with van der Waals surface area (Å²) in [5.74, 6) is 2.02. The van der Waals surface area contributed by atoms with Crippen molar-refractivity contribution in [3.63, 3.8) is 0 Å². The lowest BCUT2D eigenvalue weighted by Crippen LogP contribution is -2.28. The number of para-hydroxylation sites is 1. The van der Waals surface area contributed by atoms with Crippen molar-refractivity contribution >= 4 is 21.6 Å². The van der Waals surface area contributed by atoms with Crippen molar-refractivity contribution in [2.24, 2.45) is 5.92 Å². The quantitative estimate of drug-likeness (QED) is 0.560. The van der Waals surface area contributed by atoms with Gasteiger partial charge in [-0.05, 0) is 62.8 Å². The third-order valence-electron chi connectivity index (χ3n) is 5.19. The molecule has 2 aromatic rings. The van der Waals surface area contributed by atoms with Crippen LogP contribution < -0.4 is 4.74 Å². The van der Waals surface area contributed by atoms with E-state index in [1.165, 1.54) is 50.0 Å². The van der Waals surface area contributed by atoms with E-state index in [4.69, 9.17) is 4.74 Å². The summed E-state index contributed by atoms with van der Waals surface area (Å²) in [5.41, 5.74) is 2.57. The summed E-state index contributed by atoms with van der Waals surface area (Å²) < 4.78 is 7.21. The Bertz CT molecular complexity index is 770. The van der Waals surface area contributed by atoms with E-state index in [9.17, 15) is 0 Å². The van der Waals surface area contributed by atoms with Crippen LogP contribution in [0.4, 0.5) is 0 Å². The molecule has 4 heteroatoms. The fourth-order valence-corrected chi connectivity index (χ4v) is 4.39.